The van der Waals surface area contributed by atoms with Gasteiger partial charge in [-0.2, -0.15) is 0 Å². The number of aliphatic hydroxyl groups is 1. The third kappa shape index (κ3) is 2.23. The molecule has 2 rings (SSSR count). The van der Waals surface area contributed by atoms with Crippen LogP contribution in [0.5, 0.6) is 11.5 Å². The first-order chi connectivity index (χ1) is 8.07. The van der Waals surface area contributed by atoms with Crippen molar-refractivity contribution >= 4 is 0 Å². The number of phenolic OH excluding ortho intramolecular Hbond substituents is 2. The highest BCUT2D eigenvalue weighted by molar-refractivity contribution is 5.44. The quantitative estimate of drug-likeness (QED) is 0.583. The molecule has 1 fully saturated rings. The van der Waals surface area contributed by atoms with E-state index in [1.165, 1.54) is 12.1 Å². The molecule has 0 spiro atoms. The highest BCUT2D eigenvalue weighted by Gasteiger charge is 2.37. The summed E-state index contributed by atoms with van der Waals surface area (Å²) in [6.45, 7) is 0.413. The van der Waals surface area contributed by atoms with E-state index in [4.69, 9.17) is 5.73 Å². The third-order valence-electron chi connectivity index (χ3n) is 3.85. The standard InChI is InChI=1S/C13H19NO3/c14-8-13(5-3-9(15)4-6-13)11-7-10(16)1-2-12(11)17/h1-2,7,9,15-17H,3-6,8,14H2. The van der Waals surface area contributed by atoms with E-state index in [9.17, 15) is 15.3 Å². The maximum absolute atomic E-state index is 9.92. The number of benzene rings is 1. The minimum Gasteiger partial charge on any atom is -0.508 e. The summed E-state index contributed by atoms with van der Waals surface area (Å²) in [4.78, 5) is 0. The molecule has 0 aromatic heterocycles. The number of aromatic hydroxyl groups is 2. The second-order valence-electron chi connectivity index (χ2n) is 4.92. The lowest BCUT2D eigenvalue weighted by molar-refractivity contribution is 0.0965. The summed E-state index contributed by atoms with van der Waals surface area (Å²) < 4.78 is 0. The zero-order valence-corrected chi connectivity index (χ0v) is 9.76. The summed E-state index contributed by atoms with van der Waals surface area (Å²) in [5, 5.41) is 29.0. The van der Waals surface area contributed by atoms with Gasteiger partial charge in [0, 0.05) is 17.5 Å². The largest absolute Gasteiger partial charge is 0.508 e. The van der Waals surface area contributed by atoms with E-state index in [0.717, 1.165) is 12.8 Å². The fourth-order valence-corrected chi connectivity index (χ4v) is 2.69. The maximum Gasteiger partial charge on any atom is 0.119 e. The van der Waals surface area contributed by atoms with Gasteiger partial charge in [-0.05, 0) is 43.9 Å². The topological polar surface area (TPSA) is 86.7 Å². The second kappa shape index (κ2) is 4.55. The molecular weight excluding hydrogens is 218 g/mol. The van der Waals surface area contributed by atoms with Gasteiger partial charge < -0.3 is 21.1 Å². The average Bonchev–Trinajstić information content (AvgIpc) is 2.34. The van der Waals surface area contributed by atoms with E-state index in [1.807, 2.05) is 0 Å². The Kier molecular flexibility index (Phi) is 3.26. The van der Waals surface area contributed by atoms with Gasteiger partial charge >= 0.3 is 0 Å². The summed E-state index contributed by atoms with van der Waals surface area (Å²) in [5.74, 6) is 0.307. The average molecular weight is 237 g/mol. The van der Waals surface area contributed by atoms with E-state index in [2.05, 4.69) is 0 Å². The number of nitrogens with two attached hydrogens (primary N) is 1. The molecule has 1 aromatic carbocycles. The van der Waals surface area contributed by atoms with Gasteiger partial charge in [0.25, 0.3) is 0 Å². The van der Waals surface area contributed by atoms with Gasteiger partial charge in [0.2, 0.25) is 0 Å². The molecule has 4 nitrogen and oxygen atoms in total. The molecule has 1 saturated carbocycles. The second-order valence-corrected chi connectivity index (χ2v) is 4.92. The van der Waals surface area contributed by atoms with Crippen molar-refractivity contribution in [3.05, 3.63) is 23.8 Å². The Morgan fingerprint density at radius 3 is 2.47 bits per heavy atom. The van der Waals surface area contributed by atoms with Crippen LogP contribution in [-0.4, -0.2) is 28.0 Å². The lowest BCUT2D eigenvalue weighted by Crippen LogP contribution is -2.40. The van der Waals surface area contributed by atoms with Gasteiger partial charge in [0.1, 0.15) is 11.5 Å². The van der Waals surface area contributed by atoms with E-state index in [0.29, 0.717) is 24.9 Å². The number of phenols is 2. The Hall–Kier alpha value is -1.26. The molecule has 0 aliphatic heterocycles. The van der Waals surface area contributed by atoms with E-state index < -0.39 is 0 Å². The van der Waals surface area contributed by atoms with Crippen LogP contribution in [0.4, 0.5) is 0 Å². The summed E-state index contributed by atoms with van der Waals surface area (Å²) in [6, 6.07) is 4.54. The third-order valence-corrected chi connectivity index (χ3v) is 3.85. The van der Waals surface area contributed by atoms with Gasteiger partial charge in [0.15, 0.2) is 0 Å². The first-order valence-corrected chi connectivity index (χ1v) is 5.98. The van der Waals surface area contributed by atoms with Crippen molar-refractivity contribution in [1.29, 1.82) is 0 Å². The van der Waals surface area contributed by atoms with Crippen LogP contribution in [0.25, 0.3) is 0 Å². The summed E-state index contributed by atoms with van der Waals surface area (Å²) >= 11 is 0. The maximum atomic E-state index is 9.92. The molecule has 0 saturated heterocycles. The van der Waals surface area contributed by atoms with Crippen LogP contribution < -0.4 is 5.73 Å². The molecule has 0 radical (unpaired) electrons. The van der Waals surface area contributed by atoms with Crippen molar-refractivity contribution in [3.8, 4) is 11.5 Å². The summed E-state index contributed by atoms with van der Waals surface area (Å²) in [7, 11) is 0. The van der Waals surface area contributed by atoms with Crippen molar-refractivity contribution in [2.75, 3.05) is 6.54 Å². The number of aliphatic hydroxyl groups excluding tert-OH is 1. The lowest BCUT2D eigenvalue weighted by atomic mass is 9.68. The van der Waals surface area contributed by atoms with Crippen molar-refractivity contribution in [2.45, 2.75) is 37.2 Å². The van der Waals surface area contributed by atoms with Crippen molar-refractivity contribution in [2.24, 2.45) is 5.73 Å². The molecule has 0 atom stereocenters. The molecule has 0 heterocycles. The molecule has 5 N–H and O–H groups in total. The molecule has 4 heteroatoms. The number of hydrogen-bond acceptors (Lipinski definition) is 4. The zero-order valence-electron chi connectivity index (χ0n) is 9.76. The Morgan fingerprint density at radius 2 is 1.88 bits per heavy atom. The molecule has 0 amide bonds. The van der Waals surface area contributed by atoms with Crippen LogP contribution in [0.15, 0.2) is 18.2 Å². The zero-order chi connectivity index (χ0) is 12.5. The first-order valence-electron chi connectivity index (χ1n) is 5.98. The summed E-state index contributed by atoms with van der Waals surface area (Å²) in [5.41, 5.74) is 6.24. The molecule has 94 valence electrons. The first kappa shape index (κ1) is 12.2. The Bertz CT molecular complexity index is 398. The molecule has 0 unspecified atom stereocenters. The van der Waals surface area contributed by atoms with Crippen LogP contribution >= 0.6 is 0 Å². The minimum atomic E-state index is -0.317. The highest BCUT2D eigenvalue weighted by atomic mass is 16.3. The van der Waals surface area contributed by atoms with E-state index >= 15 is 0 Å². The van der Waals surface area contributed by atoms with Gasteiger partial charge in [0.05, 0.1) is 6.10 Å². The predicted molar refractivity (Wildman–Crippen MR) is 65.0 cm³/mol. The molecular formula is C13H19NO3. The van der Waals surface area contributed by atoms with Gasteiger partial charge in [-0.3, -0.25) is 0 Å². The van der Waals surface area contributed by atoms with Gasteiger partial charge in [-0.15, -0.1) is 0 Å². The predicted octanol–water partition coefficient (Wildman–Crippen LogP) is 1.23. The molecule has 0 bridgehead atoms. The Labute approximate surface area is 101 Å². The molecule has 1 aromatic rings. The van der Waals surface area contributed by atoms with Crippen molar-refractivity contribution in [1.82, 2.24) is 0 Å². The summed E-state index contributed by atoms with van der Waals surface area (Å²) in [6.07, 6.45) is 2.58. The van der Waals surface area contributed by atoms with Crippen LogP contribution in [0.3, 0.4) is 0 Å². The normalized spacial score (nSPS) is 29.2. The Balaban J connectivity index is 2.37. The molecule has 1 aliphatic carbocycles. The van der Waals surface area contributed by atoms with E-state index in [1.54, 1.807) is 6.07 Å². The Morgan fingerprint density at radius 1 is 1.24 bits per heavy atom. The monoisotopic (exact) mass is 237 g/mol. The van der Waals surface area contributed by atoms with Gasteiger partial charge in [-0.1, -0.05) is 0 Å². The molecule has 17 heavy (non-hydrogen) atoms. The van der Waals surface area contributed by atoms with Gasteiger partial charge in [-0.25, -0.2) is 0 Å². The van der Waals surface area contributed by atoms with Crippen LogP contribution in [0.1, 0.15) is 31.2 Å². The van der Waals surface area contributed by atoms with E-state index in [-0.39, 0.29) is 23.0 Å². The van der Waals surface area contributed by atoms with Crippen LogP contribution in [0.2, 0.25) is 0 Å². The number of rotatable bonds is 2. The highest BCUT2D eigenvalue weighted by Crippen LogP contribution is 2.43. The van der Waals surface area contributed by atoms with Crippen molar-refractivity contribution < 1.29 is 15.3 Å². The number of hydrogen-bond donors (Lipinski definition) is 4. The van der Waals surface area contributed by atoms with Crippen LogP contribution in [-0.2, 0) is 5.41 Å². The molecule has 1 aliphatic rings. The fourth-order valence-electron chi connectivity index (χ4n) is 2.69. The van der Waals surface area contributed by atoms with Crippen LogP contribution in [0, 0.1) is 0 Å². The minimum absolute atomic E-state index is 0.136. The lowest BCUT2D eigenvalue weighted by Gasteiger charge is -2.38. The SMILES string of the molecule is NCC1(c2cc(O)ccc2O)CCC(O)CC1. The van der Waals surface area contributed by atoms with Crippen molar-refractivity contribution in [3.63, 3.8) is 0 Å². The fraction of sp³-hybridized carbons (Fsp3) is 0.538. The smallest absolute Gasteiger partial charge is 0.119 e.